The van der Waals surface area contributed by atoms with E-state index >= 15 is 0 Å². The number of aromatic nitrogens is 2. The number of H-pyrrole nitrogens is 1. The third-order valence-corrected chi connectivity index (χ3v) is 5.13. The summed E-state index contributed by atoms with van der Waals surface area (Å²) >= 11 is 0. The van der Waals surface area contributed by atoms with Crippen molar-refractivity contribution in [2.75, 3.05) is 6.54 Å². The Morgan fingerprint density at radius 1 is 1.44 bits per heavy atom. The van der Waals surface area contributed by atoms with Crippen LogP contribution in [0.1, 0.15) is 31.9 Å². The van der Waals surface area contributed by atoms with E-state index in [0.717, 1.165) is 0 Å². The molecule has 4 atom stereocenters. The summed E-state index contributed by atoms with van der Waals surface area (Å²) < 4.78 is 0. The molecule has 2 aliphatic heterocycles. The van der Waals surface area contributed by atoms with Crippen molar-refractivity contribution in [1.82, 2.24) is 25.5 Å². The first-order valence-corrected chi connectivity index (χ1v) is 9.04. The highest BCUT2D eigenvalue weighted by Crippen LogP contribution is 2.20. The Hall–Kier alpha value is -2.91. The van der Waals surface area contributed by atoms with Gasteiger partial charge in [-0.1, -0.05) is 6.92 Å². The molecule has 0 saturated carbocycles. The molecule has 146 valence electrons. The first-order valence-electron chi connectivity index (χ1n) is 9.04. The summed E-state index contributed by atoms with van der Waals surface area (Å²) in [5.41, 5.74) is 6.08. The van der Waals surface area contributed by atoms with Gasteiger partial charge in [0.1, 0.15) is 18.1 Å². The standard InChI is InChI=1S/C17H24N6O4/c1-9-5-11(21-15(9)25)16(26)22-12(6-10-7-19-8-20-10)17(27)23-4-2-3-13(23)14(18)24/h7-9,11-13H,2-6H2,1H3,(H2,18,24)(H,19,20)(H,21,25)(H,22,26)/t9?,11-,12-,13-/m0/s1. The summed E-state index contributed by atoms with van der Waals surface area (Å²) in [6.45, 7) is 2.16. The topological polar surface area (TPSA) is 150 Å². The summed E-state index contributed by atoms with van der Waals surface area (Å²) in [7, 11) is 0. The zero-order valence-electron chi connectivity index (χ0n) is 15.1. The molecular weight excluding hydrogens is 352 g/mol. The van der Waals surface area contributed by atoms with Crippen LogP contribution >= 0.6 is 0 Å². The number of nitrogens with zero attached hydrogens (tertiary/aromatic N) is 2. The molecular formula is C17H24N6O4. The van der Waals surface area contributed by atoms with Gasteiger partial charge in [-0.2, -0.15) is 0 Å². The van der Waals surface area contributed by atoms with E-state index in [9.17, 15) is 19.2 Å². The molecule has 1 aromatic heterocycles. The Morgan fingerprint density at radius 2 is 2.22 bits per heavy atom. The van der Waals surface area contributed by atoms with Crippen molar-refractivity contribution in [3.63, 3.8) is 0 Å². The molecule has 0 aromatic carbocycles. The summed E-state index contributed by atoms with van der Waals surface area (Å²) in [4.78, 5) is 57.2. The van der Waals surface area contributed by atoms with Gasteiger partial charge in [0.05, 0.1) is 6.33 Å². The van der Waals surface area contributed by atoms with E-state index in [4.69, 9.17) is 5.73 Å². The summed E-state index contributed by atoms with van der Waals surface area (Å²) in [5, 5.41) is 5.36. The molecule has 2 saturated heterocycles. The number of hydrogen-bond acceptors (Lipinski definition) is 5. The number of aromatic amines is 1. The lowest BCUT2D eigenvalue weighted by Gasteiger charge is -2.28. The molecule has 0 aliphatic carbocycles. The molecule has 0 spiro atoms. The van der Waals surface area contributed by atoms with Crippen LogP contribution in [0.2, 0.25) is 0 Å². The number of rotatable bonds is 6. The number of likely N-dealkylation sites (tertiary alicyclic amines) is 1. The number of imidazole rings is 1. The lowest BCUT2D eigenvalue weighted by atomic mass is 10.1. The Bertz CT molecular complexity index is 734. The number of nitrogens with two attached hydrogens (primary N) is 1. The summed E-state index contributed by atoms with van der Waals surface area (Å²) in [5.74, 6) is -1.76. The van der Waals surface area contributed by atoms with E-state index in [0.29, 0.717) is 31.5 Å². The van der Waals surface area contributed by atoms with Gasteiger partial charge in [-0.05, 0) is 19.3 Å². The molecule has 0 bridgehead atoms. The Labute approximate surface area is 156 Å². The van der Waals surface area contributed by atoms with Crippen LogP contribution in [-0.4, -0.2) is 63.2 Å². The van der Waals surface area contributed by atoms with Crippen molar-refractivity contribution in [3.05, 3.63) is 18.2 Å². The van der Waals surface area contributed by atoms with Crippen LogP contribution in [0.25, 0.3) is 0 Å². The average Bonchev–Trinajstić information content (AvgIpc) is 3.35. The van der Waals surface area contributed by atoms with E-state index < -0.39 is 29.9 Å². The van der Waals surface area contributed by atoms with Crippen molar-refractivity contribution < 1.29 is 19.2 Å². The minimum Gasteiger partial charge on any atom is -0.368 e. The zero-order valence-corrected chi connectivity index (χ0v) is 15.1. The van der Waals surface area contributed by atoms with Crippen molar-refractivity contribution in [2.45, 2.75) is 50.7 Å². The first kappa shape index (κ1) is 18.9. The van der Waals surface area contributed by atoms with E-state index in [1.54, 1.807) is 13.1 Å². The van der Waals surface area contributed by atoms with Crippen LogP contribution in [0.15, 0.2) is 12.5 Å². The average molecular weight is 376 g/mol. The van der Waals surface area contributed by atoms with Crippen LogP contribution in [0.3, 0.4) is 0 Å². The summed E-state index contributed by atoms with van der Waals surface area (Å²) in [6, 6.07) is -2.22. The van der Waals surface area contributed by atoms with Crippen LogP contribution in [-0.2, 0) is 25.6 Å². The van der Waals surface area contributed by atoms with Crippen molar-refractivity contribution >= 4 is 23.6 Å². The van der Waals surface area contributed by atoms with Gasteiger partial charge in [-0.15, -0.1) is 0 Å². The van der Waals surface area contributed by atoms with Gasteiger partial charge in [0.15, 0.2) is 0 Å². The summed E-state index contributed by atoms with van der Waals surface area (Å²) in [6.07, 6.45) is 4.83. The molecule has 5 N–H and O–H groups in total. The van der Waals surface area contributed by atoms with E-state index in [-0.39, 0.29) is 24.2 Å². The van der Waals surface area contributed by atoms with E-state index in [1.165, 1.54) is 11.2 Å². The Kier molecular flexibility index (Phi) is 5.43. The number of primary amides is 1. The molecule has 10 heteroatoms. The largest absolute Gasteiger partial charge is 0.368 e. The van der Waals surface area contributed by atoms with Gasteiger partial charge in [0.25, 0.3) is 0 Å². The van der Waals surface area contributed by atoms with Crippen LogP contribution in [0.5, 0.6) is 0 Å². The normalized spacial score (nSPS) is 25.9. The molecule has 1 aromatic rings. The van der Waals surface area contributed by atoms with Crippen molar-refractivity contribution in [1.29, 1.82) is 0 Å². The van der Waals surface area contributed by atoms with Gasteiger partial charge in [0, 0.05) is 30.8 Å². The van der Waals surface area contributed by atoms with E-state index in [1.807, 2.05) is 0 Å². The van der Waals surface area contributed by atoms with Crippen LogP contribution in [0.4, 0.5) is 0 Å². The highest BCUT2D eigenvalue weighted by atomic mass is 16.2. The lowest BCUT2D eigenvalue weighted by molar-refractivity contribution is -0.140. The second-order valence-electron chi connectivity index (χ2n) is 7.13. The fraction of sp³-hybridized carbons (Fsp3) is 0.588. The predicted octanol–water partition coefficient (Wildman–Crippen LogP) is -1.56. The monoisotopic (exact) mass is 376 g/mol. The van der Waals surface area contributed by atoms with E-state index in [2.05, 4.69) is 20.6 Å². The van der Waals surface area contributed by atoms with Crippen LogP contribution < -0.4 is 16.4 Å². The second-order valence-corrected chi connectivity index (χ2v) is 7.13. The molecule has 1 unspecified atom stereocenters. The maximum atomic E-state index is 13.0. The predicted molar refractivity (Wildman–Crippen MR) is 93.9 cm³/mol. The third kappa shape index (κ3) is 4.09. The van der Waals surface area contributed by atoms with Gasteiger partial charge < -0.3 is 26.3 Å². The Balaban J connectivity index is 1.74. The SMILES string of the molecule is CC1C[C@@H](C(=O)N[C@@H](Cc2cnc[nH]2)C(=O)N2CCC[C@H]2C(N)=O)NC1=O. The van der Waals surface area contributed by atoms with Crippen LogP contribution in [0, 0.1) is 5.92 Å². The number of carbonyl (C=O) groups excluding carboxylic acids is 4. The highest BCUT2D eigenvalue weighted by molar-refractivity contribution is 5.96. The van der Waals surface area contributed by atoms with Gasteiger partial charge >= 0.3 is 0 Å². The molecule has 2 fully saturated rings. The minimum absolute atomic E-state index is 0.181. The zero-order chi connectivity index (χ0) is 19.6. The van der Waals surface area contributed by atoms with Gasteiger partial charge in [-0.25, -0.2) is 4.98 Å². The van der Waals surface area contributed by atoms with Crippen molar-refractivity contribution in [2.24, 2.45) is 11.7 Å². The molecule has 27 heavy (non-hydrogen) atoms. The molecule has 3 heterocycles. The molecule has 10 nitrogen and oxygen atoms in total. The third-order valence-electron chi connectivity index (χ3n) is 5.13. The quantitative estimate of drug-likeness (QED) is 0.473. The fourth-order valence-electron chi connectivity index (χ4n) is 3.62. The number of nitrogens with one attached hydrogen (secondary N) is 3. The van der Waals surface area contributed by atoms with Gasteiger partial charge in [-0.3, -0.25) is 19.2 Å². The number of hydrogen-bond donors (Lipinski definition) is 4. The first-order chi connectivity index (χ1) is 12.9. The molecule has 2 aliphatic rings. The molecule has 3 rings (SSSR count). The minimum atomic E-state index is -0.884. The highest BCUT2D eigenvalue weighted by Gasteiger charge is 2.39. The molecule has 0 radical (unpaired) electrons. The maximum Gasteiger partial charge on any atom is 0.246 e. The number of carbonyl (C=O) groups is 4. The Morgan fingerprint density at radius 3 is 2.81 bits per heavy atom. The lowest BCUT2D eigenvalue weighted by Crippen LogP contribution is -2.56. The maximum absolute atomic E-state index is 13.0. The second kappa shape index (κ2) is 7.77. The van der Waals surface area contributed by atoms with Gasteiger partial charge in [0.2, 0.25) is 23.6 Å². The van der Waals surface area contributed by atoms with Crippen molar-refractivity contribution in [3.8, 4) is 0 Å². The fourth-order valence-corrected chi connectivity index (χ4v) is 3.62. The number of amides is 4. The smallest absolute Gasteiger partial charge is 0.246 e. The molecule has 4 amide bonds.